The van der Waals surface area contributed by atoms with E-state index in [4.69, 9.17) is 14.2 Å². The molecule has 3 saturated heterocycles. The van der Waals surface area contributed by atoms with E-state index in [-0.39, 0.29) is 11.5 Å². The molecule has 148 valence electrons. The van der Waals surface area contributed by atoms with Gasteiger partial charge in [0.1, 0.15) is 5.75 Å². The molecule has 4 rings (SSSR count). The van der Waals surface area contributed by atoms with Gasteiger partial charge in [-0.3, -0.25) is 9.69 Å². The van der Waals surface area contributed by atoms with E-state index in [0.29, 0.717) is 6.04 Å². The van der Waals surface area contributed by atoms with Crippen LogP contribution in [-0.4, -0.2) is 80.5 Å². The Morgan fingerprint density at radius 2 is 1.78 bits per heavy atom. The van der Waals surface area contributed by atoms with Crippen LogP contribution in [0.3, 0.4) is 0 Å². The lowest BCUT2D eigenvalue weighted by atomic mass is 9.83. The lowest BCUT2D eigenvalue weighted by Crippen LogP contribution is -2.56. The molecule has 0 aliphatic carbocycles. The van der Waals surface area contributed by atoms with E-state index in [1.54, 1.807) is 7.11 Å². The molecule has 1 aromatic rings. The third kappa shape index (κ3) is 4.13. The van der Waals surface area contributed by atoms with Gasteiger partial charge in [0.25, 0.3) is 5.91 Å². The van der Waals surface area contributed by atoms with Gasteiger partial charge in [0.05, 0.1) is 12.7 Å². The minimum absolute atomic E-state index is 0.0250. The highest BCUT2D eigenvalue weighted by Crippen LogP contribution is 2.36. The standard InChI is InChI=1S/C21H30N2O4/c1-25-19-4-2-17(3-5-19)20(24)23-11-9-22(10-12-23)18-6-13-27-21(16-18)7-14-26-15-8-21/h2-5,18H,6-16H2,1H3. The summed E-state index contributed by atoms with van der Waals surface area (Å²) < 4.78 is 16.9. The first-order valence-electron chi connectivity index (χ1n) is 10.1. The van der Waals surface area contributed by atoms with E-state index in [1.165, 1.54) is 0 Å². The highest BCUT2D eigenvalue weighted by Gasteiger charge is 2.41. The quantitative estimate of drug-likeness (QED) is 0.812. The molecular weight excluding hydrogens is 344 g/mol. The fourth-order valence-corrected chi connectivity index (χ4v) is 4.61. The second-order valence-corrected chi connectivity index (χ2v) is 7.85. The largest absolute Gasteiger partial charge is 0.497 e. The average molecular weight is 374 g/mol. The molecular formula is C21H30N2O4. The Kier molecular flexibility index (Phi) is 5.66. The van der Waals surface area contributed by atoms with Crippen molar-refractivity contribution in [2.45, 2.75) is 37.3 Å². The lowest BCUT2D eigenvalue weighted by Gasteiger charge is -2.48. The zero-order chi connectivity index (χ0) is 18.7. The topological polar surface area (TPSA) is 51.2 Å². The van der Waals surface area contributed by atoms with Crippen molar-refractivity contribution in [1.29, 1.82) is 0 Å². The number of ether oxygens (including phenoxy) is 3. The summed E-state index contributed by atoms with van der Waals surface area (Å²) in [6.45, 7) is 5.94. The number of methoxy groups -OCH3 is 1. The van der Waals surface area contributed by atoms with E-state index in [0.717, 1.165) is 83.0 Å². The monoisotopic (exact) mass is 374 g/mol. The molecule has 1 amide bonds. The number of piperazine rings is 1. The molecule has 27 heavy (non-hydrogen) atoms. The van der Waals surface area contributed by atoms with Crippen LogP contribution in [0.25, 0.3) is 0 Å². The number of carbonyl (C=O) groups excluding carboxylic acids is 1. The van der Waals surface area contributed by atoms with Crippen LogP contribution in [0.1, 0.15) is 36.0 Å². The number of hydrogen-bond donors (Lipinski definition) is 0. The van der Waals surface area contributed by atoms with Crippen molar-refractivity contribution < 1.29 is 19.0 Å². The smallest absolute Gasteiger partial charge is 0.253 e. The van der Waals surface area contributed by atoms with Gasteiger partial charge >= 0.3 is 0 Å². The molecule has 0 N–H and O–H groups in total. The molecule has 0 bridgehead atoms. The van der Waals surface area contributed by atoms with Crippen LogP contribution >= 0.6 is 0 Å². The Labute approximate surface area is 161 Å². The van der Waals surface area contributed by atoms with Crippen molar-refractivity contribution in [3.05, 3.63) is 29.8 Å². The van der Waals surface area contributed by atoms with Crippen LogP contribution < -0.4 is 4.74 Å². The number of amides is 1. The Morgan fingerprint density at radius 1 is 1.07 bits per heavy atom. The van der Waals surface area contributed by atoms with Crippen molar-refractivity contribution in [3.8, 4) is 5.75 Å². The number of rotatable bonds is 3. The van der Waals surface area contributed by atoms with Gasteiger partial charge in [-0.1, -0.05) is 0 Å². The second-order valence-electron chi connectivity index (χ2n) is 7.85. The van der Waals surface area contributed by atoms with Crippen molar-refractivity contribution >= 4 is 5.91 Å². The third-order valence-corrected chi connectivity index (χ3v) is 6.33. The summed E-state index contributed by atoms with van der Waals surface area (Å²) in [7, 11) is 1.64. The second kappa shape index (κ2) is 8.17. The van der Waals surface area contributed by atoms with Gasteiger partial charge in [-0.15, -0.1) is 0 Å². The summed E-state index contributed by atoms with van der Waals surface area (Å²) in [5, 5.41) is 0. The van der Waals surface area contributed by atoms with Crippen LogP contribution in [0.4, 0.5) is 0 Å². The summed E-state index contributed by atoms with van der Waals surface area (Å²) in [5.74, 6) is 0.892. The molecule has 1 atom stereocenters. The van der Waals surface area contributed by atoms with Crippen LogP contribution in [0.15, 0.2) is 24.3 Å². The molecule has 1 spiro atoms. The van der Waals surface area contributed by atoms with Crippen LogP contribution in [0.5, 0.6) is 5.75 Å². The van der Waals surface area contributed by atoms with E-state index >= 15 is 0 Å². The minimum Gasteiger partial charge on any atom is -0.497 e. The van der Waals surface area contributed by atoms with Crippen molar-refractivity contribution in [1.82, 2.24) is 9.80 Å². The van der Waals surface area contributed by atoms with Crippen molar-refractivity contribution in [2.24, 2.45) is 0 Å². The fourth-order valence-electron chi connectivity index (χ4n) is 4.61. The molecule has 6 heteroatoms. The summed E-state index contributed by atoms with van der Waals surface area (Å²) in [4.78, 5) is 17.3. The molecule has 3 heterocycles. The Hall–Kier alpha value is -1.63. The molecule has 0 saturated carbocycles. The summed E-state index contributed by atoms with van der Waals surface area (Å²) >= 11 is 0. The average Bonchev–Trinajstić information content (AvgIpc) is 2.74. The fraction of sp³-hybridized carbons (Fsp3) is 0.667. The van der Waals surface area contributed by atoms with E-state index in [1.807, 2.05) is 29.2 Å². The maximum Gasteiger partial charge on any atom is 0.253 e. The predicted octanol–water partition coefficient (Wildman–Crippen LogP) is 2.18. The first kappa shape index (κ1) is 18.7. The van der Waals surface area contributed by atoms with E-state index in [9.17, 15) is 4.79 Å². The van der Waals surface area contributed by atoms with Gasteiger partial charge in [0.2, 0.25) is 0 Å². The van der Waals surface area contributed by atoms with Gasteiger partial charge in [0.15, 0.2) is 0 Å². The number of benzene rings is 1. The van der Waals surface area contributed by atoms with Gasteiger partial charge in [-0.05, 0) is 49.9 Å². The summed E-state index contributed by atoms with van der Waals surface area (Å²) in [5.41, 5.74) is 0.758. The number of nitrogens with zero attached hydrogens (tertiary/aromatic N) is 2. The zero-order valence-corrected chi connectivity index (χ0v) is 16.2. The van der Waals surface area contributed by atoms with Crippen molar-refractivity contribution in [3.63, 3.8) is 0 Å². The van der Waals surface area contributed by atoms with Gasteiger partial charge < -0.3 is 19.1 Å². The molecule has 3 fully saturated rings. The lowest BCUT2D eigenvalue weighted by molar-refractivity contribution is -0.152. The summed E-state index contributed by atoms with van der Waals surface area (Å²) in [6.07, 6.45) is 4.22. The van der Waals surface area contributed by atoms with Crippen molar-refractivity contribution in [2.75, 3.05) is 53.1 Å². The molecule has 0 aromatic heterocycles. The number of carbonyl (C=O) groups is 1. The normalized spacial score (nSPS) is 26.1. The Balaban J connectivity index is 1.32. The highest BCUT2D eigenvalue weighted by molar-refractivity contribution is 5.94. The summed E-state index contributed by atoms with van der Waals surface area (Å²) in [6, 6.07) is 7.95. The third-order valence-electron chi connectivity index (χ3n) is 6.33. The SMILES string of the molecule is COc1ccc(C(=O)N2CCN(C3CCOC4(CCOCC4)C3)CC2)cc1. The van der Waals surface area contributed by atoms with Gasteiger partial charge in [-0.25, -0.2) is 0 Å². The van der Waals surface area contributed by atoms with Gasteiger partial charge in [0, 0.05) is 57.6 Å². The van der Waals surface area contributed by atoms with E-state index < -0.39 is 0 Å². The van der Waals surface area contributed by atoms with Crippen LogP contribution in [0.2, 0.25) is 0 Å². The van der Waals surface area contributed by atoms with Gasteiger partial charge in [-0.2, -0.15) is 0 Å². The van der Waals surface area contributed by atoms with Crippen LogP contribution in [0, 0.1) is 0 Å². The van der Waals surface area contributed by atoms with Crippen LogP contribution in [-0.2, 0) is 9.47 Å². The Bertz CT molecular complexity index is 629. The number of hydrogen-bond acceptors (Lipinski definition) is 5. The maximum atomic E-state index is 12.8. The first-order chi connectivity index (χ1) is 13.2. The molecule has 0 radical (unpaired) electrons. The Morgan fingerprint density at radius 3 is 2.44 bits per heavy atom. The molecule has 1 unspecified atom stereocenters. The maximum absolute atomic E-state index is 12.8. The molecule has 1 aromatic carbocycles. The molecule has 3 aliphatic heterocycles. The van der Waals surface area contributed by atoms with E-state index in [2.05, 4.69) is 4.90 Å². The highest BCUT2D eigenvalue weighted by atomic mass is 16.5. The molecule has 3 aliphatic rings. The molecule has 6 nitrogen and oxygen atoms in total. The predicted molar refractivity (Wildman–Crippen MR) is 102 cm³/mol. The zero-order valence-electron chi connectivity index (χ0n) is 16.2. The minimum atomic E-state index is 0.0250. The first-order valence-corrected chi connectivity index (χ1v) is 10.1.